The molecule has 0 amide bonds. The number of carbonyl (C=O) groups is 1. The van der Waals surface area contributed by atoms with Crippen LogP contribution in [0.25, 0.3) is 0 Å². The lowest BCUT2D eigenvalue weighted by Crippen LogP contribution is -2.57. The Morgan fingerprint density at radius 3 is 2.64 bits per heavy atom. The molecule has 0 radical (unpaired) electrons. The Bertz CT molecular complexity index is 597. The van der Waals surface area contributed by atoms with E-state index in [2.05, 4.69) is 13.5 Å². The SMILES string of the molecule is C=C1CC[C@@H]2[C@](C)(CO)[C@H](O)CC[C@]2(C)[C@H]1C/C=C1/C(=O)OC[C@H]1O. The van der Waals surface area contributed by atoms with Crippen LogP contribution in [0.2, 0.25) is 0 Å². The van der Waals surface area contributed by atoms with Crippen LogP contribution in [-0.2, 0) is 9.53 Å². The third kappa shape index (κ3) is 2.86. The zero-order valence-electron chi connectivity index (χ0n) is 15.2. The van der Waals surface area contributed by atoms with Gasteiger partial charge in [0, 0.05) is 5.41 Å². The molecule has 3 N–H and O–H groups in total. The first-order chi connectivity index (χ1) is 11.7. The summed E-state index contributed by atoms with van der Waals surface area (Å²) in [6.45, 7) is 8.50. The molecular weight excluding hydrogens is 320 g/mol. The van der Waals surface area contributed by atoms with Crippen LogP contribution in [0.3, 0.4) is 0 Å². The minimum atomic E-state index is -0.844. The minimum Gasteiger partial charge on any atom is -0.459 e. The summed E-state index contributed by atoms with van der Waals surface area (Å²) in [5.41, 5.74) is 0.911. The maximum Gasteiger partial charge on any atom is 0.336 e. The first kappa shape index (κ1) is 18.6. The van der Waals surface area contributed by atoms with Crippen molar-refractivity contribution in [1.82, 2.24) is 0 Å². The van der Waals surface area contributed by atoms with E-state index in [4.69, 9.17) is 4.74 Å². The summed E-state index contributed by atoms with van der Waals surface area (Å²) in [7, 11) is 0. The Kier molecular flexibility index (Phi) is 4.86. The van der Waals surface area contributed by atoms with Crippen LogP contribution in [0.1, 0.15) is 46.0 Å². The van der Waals surface area contributed by atoms with Gasteiger partial charge in [-0.25, -0.2) is 4.79 Å². The van der Waals surface area contributed by atoms with Crippen LogP contribution in [0.5, 0.6) is 0 Å². The first-order valence-electron chi connectivity index (χ1n) is 9.26. The standard InChI is InChI=1S/C20H30O5/c1-12-4-7-16-19(2,9-8-17(23)20(16,3)11-21)14(12)6-5-13-15(22)10-25-18(13)24/h5,14-17,21-23H,1,4,6-11H2,2-3H3/b13-5+/t14-,15+,16-,17+,19+,20-/m0/s1. The third-order valence-corrected chi connectivity index (χ3v) is 7.23. The third-order valence-electron chi connectivity index (χ3n) is 7.23. The quantitative estimate of drug-likeness (QED) is 0.411. The second-order valence-electron chi connectivity index (χ2n) is 8.54. The number of aliphatic hydroxyl groups is 3. The summed E-state index contributed by atoms with van der Waals surface area (Å²) in [5, 5.41) is 30.4. The normalized spacial score (nSPS) is 46.2. The molecule has 0 aromatic heterocycles. The predicted molar refractivity (Wildman–Crippen MR) is 93.6 cm³/mol. The zero-order chi connectivity index (χ0) is 18.4. The van der Waals surface area contributed by atoms with Crippen LogP contribution >= 0.6 is 0 Å². The van der Waals surface area contributed by atoms with E-state index in [1.807, 2.05) is 13.0 Å². The van der Waals surface area contributed by atoms with E-state index in [0.717, 1.165) is 24.8 Å². The lowest BCUT2D eigenvalue weighted by molar-refractivity contribution is -0.151. The monoisotopic (exact) mass is 350 g/mol. The Hall–Kier alpha value is -1.17. The van der Waals surface area contributed by atoms with Crippen molar-refractivity contribution in [2.24, 2.45) is 22.7 Å². The largest absolute Gasteiger partial charge is 0.459 e. The summed E-state index contributed by atoms with van der Waals surface area (Å²) in [4.78, 5) is 11.8. The topological polar surface area (TPSA) is 87.0 Å². The Balaban J connectivity index is 1.89. The van der Waals surface area contributed by atoms with Crippen LogP contribution in [0.4, 0.5) is 0 Å². The van der Waals surface area contributed by atoms with Crippen molar-refractivity contribution in [2.45, 2.75) is 58.2 Å². The Labute approximate surface area is 149 Å². The Morgan fingerprint density at radius 1 is 1.32 bits per heavy atom. The number of hydrogen-bond acceptors (Lipinski definition) is 5. The molecule has 25 heavy (non-hydrogen) atoms. The van der Waals surface area contributed by atoms with Gasteiger partial charge in [0.05, 0.1) is 18.3 Å². The number of fused-ring (bicyclic) bond motifs is 1. The number of hydrogen-bond donors (Lipinski definition) is 3. The van der Waals surface area contributed by atoms with Crippen molar-refractivity contribution in [1.29, 1.82) is 0 Å². The van der Waals surface area contributed by atoms with Gasteiger partial charge in [-0.1, -0.05) is 32.1 Å². The fourth-order valence-corrected chi connectivity index (χ4v) is 5.56. The van der Waals surface area contributed by atoms with Gasteiger partial charge in [-0.2, -0.15) is 0 Å². The highest BCUT2D eigenvalue weighted by Crippen LogP contribution is 2.61. The molecule has 0 unspecified atom stereocenters. The highest BCUT2D eigenvalue weighted by molar-refractivity contribution is 5.91. The van der Waals surface area contributed by atoms with Crippen molar-refractivity contribution in [3.05, 3.63) is 23.8 Å². The number of aliphatic hydroxyl groups excluding tert-OH is 3. The van der Waals surface area contributed by atoms with Crippen molar-refractivity contribution in [3.8, 4) is 0 Å². The summed E-state index contributed by atoms with van der Waals surface area (Å²) < 4.78 is 4.90. The molecule has 1 aliphatic heterocycles. The maximum absolute atomic E-state index is 11.8. The van der Waals surface area contributed by atoms with Gasteiger partial charge in [-0.05, 0) is 49.4 Å². The maximum atomic E-state index is 11.8. The number of rotatable bonds is 3. The highest BCUT2D eigenvalue weighted by Gasteiger charge is 2.57. The van der Waals surface area contributed by atoms with E-state index < -0.39 is 23.6 Å². The smallest absolute Gasteiger partial charge is 0.336 e. The molecule has 5 heteroatoms. The molecule has 3 aliphatic rings. The van der Waals surface area contributed by atoms with Crippen LogP contribution in [0.15, 0.2) is 23.8 Å². The highest BCUT2D eigenvalue weighted by atomic mass is 16.6. The summed E-state index contributed by atoms with van der Waals surface area (Å²) in [5.74, 6) is -0.0734. The predicted octanol–water partition coefficient (Wildman–Crippen LogP) is 1.96. The van der Waals surface area contributed by atoms with Gasteiger partial charge < -0.3 is 20.1 Å². The molecule has 6 atom stereocenters. The molecular formula is C20H30O5. The molecule has 0 bridgehead atoms. The van der Waals surface area contributed by atoms with Crippen molar-refractivity contribution < 1.29 is 24.9 Å². The number of carbonyl (C=O) groups excluding carboxylic acids is 1. The summed E-state index contributed by atoms with van der Waals surface area (Å²) in [6.07, 6.45) is 4.42. The number of ether oxygens (including phenoxy) is 1. The van der Waals surface area contributed by atoms with Crippen LogP contribution < -0.4 is 0 Å². The van der Waals surface area contributed by atoms with E-state index >= 15 is 0 Å². The first-order valence-corrected chi connectivity index (χ1v) is 9.26. The zero-order valence-corrected chi connectivity index (χ0v) is 15.2. The van der Waals surface area contributed by atoms with Gasteiger partial charge in [0.1, 0.15) is 12.7 Å². The number of cyclic esters (lactones) is 1. The number of esters is 1. The molecule has 2 aliphatic carbocycles. The van der Waals surface area contributed by atoms with E-state index in [9.17, 15) is 20.1 Å². The summed E-state index contributed by atoms with van der Waals surface area (Å²) in [6, 6.07) is 0. The minimum absolute atomic E-state index is 0.0280. The van der Waals surface area contributed by atoms with Crippen molar-refractivity contribution >= 4 is 5.97 Å². The second-order valence-corrected chi connectivity index (χ2v) is 8.54. The van der Waals surface area contributed by atoms with Gasteiger partial charge in [0.25, 0.3) is 0 Å². The second kappa shape index (κ2) is 6.53. The van der Waals surface area contributed by atoms with Gasteiger partial charge in [-0.3, -0.25) is 0 Å². The molecule has 2 saturated carbocycles. The van der Waals surface area contributed by atoms with Crippen LogP contribution in [-0.4, -0.2) is 46.7 Å². The van der Waals surface area contributed by atoms with Gasteiger partial charge in [0.15, 0.2) is 0 Å². The molecule has 3 fully saturated rings. The summed E-state index contributed by atoms with van der Waals surface area (Å²) >= 11 is 0. The van der Waals surface area contributed by atoms with E-state index in [1.54, 1.807) is 0 Å². The van der Waals surface area contributed by atoms with Gasteiger partial charge in [0.2, 0.25) is 0 Å². The average Bonchev–Trinajstić information content (AvgIpc) is 2.89. The van der Waals surface area contributed by atoms with Crippen molar-refractivity contribution in [3.63, 3.8) is 0 Å². The fraction of sp³-hybridized carbons (Fsp3) is 0.750. The van der Waals surface area contributed by atoms with E-state index in [1.165, 1.54) is 0 Å². The van der Waals surface area contributed by atoms with Crippen LogP contribution in [0, 0.1) is 22.7 Å². The molecule has 0 aromatic carbocycles. The lowest BCUT2D eigenvalue weighted by atomic mass is 9.46. The van der Waals surface area contributed by atoms with E-state index in [-0.39, 0.29) is 30.5 Å². The molecule has 0 spiro atoms. The molecule has 1 saturated heterocycles. The molecule has 1 heterocycles. The number of allylic oxidation sites excluding steroid dienone is 2. The molecule has 5 nitrogen and oxygen atoms in total. The van der Waals surface area contributed by atoms with Crippen molar-refractivity contribution in [2.75, 3.05) is 13.2 Å². The molecule has 140 valence electrons. The van der Waals surface area contributed by atoms with Gasteiger partial charge >= 0.3 is 5.97 Å². The Morgan fingerprint density at radius 2 is 2.04 bits per heavy atom. The lowest BCUT2D eigenvalue weighted by Gasteiger charge is -2.59. The molecule has 3 rings (SSSR count). The van der Waals surface area contributed by atoms with E-state index in [0.29, 0.717) is 18.4 Å². The molecule has 0 aromatic rings. The average molecular weight is 350 g/mol. The fourth-order valence-electron chi connectivity index (χ4n) is 5.56. The van der Waals surface area contributed by atoms with Gasteiger partial charge in [-0.15, -0.1) is 0 Å².